The van der Waals surface area contributed by atoms with E-state index in [0.717, 1.165) is 15.6 Å². The quantitative estimate of drug-likeness (QED) is 0.791. The average Bonchev–Trinajstić information content (AvgIpc) is 2.94. The Morgan fingerprint density at radius 3 is 2.61 bits per heavy atom. The molecule has 0 saturated heterocycles. The van der Waals surface area contributed by atoms with Crippen LogP contribution >= 0.6 is 22.9 Å². The number of aromatic carboxylic acids is 1. The summed E-state index contributed by atoms with van der Waals surface area (Å²) in [4.78, 5) is 23.3. The molecule has 2 aromatic carbocycles. The third-order valence-corrected chi connectivity index (χ3v) is 4.69. The predicted molar refractivity (Wildman–Crippen MR) is 88.8 cm³/mol. The standard InChI is InChI=1S/C17H12ClNO3S/c18-11-5-6-15-14(7-11)10(9-23-15)8-19-16(20)12-3-1-2-4-13(12)17(21)22/h1-7,9H,8H2,(H,19,20)(H,21,22)/p-1. The number of fused-ring (bicyclic) bond motifs is 1. The Balaban J connectivity index is 1.81. The molecule has 3 aromatic rings. The molecule has 116 valence electrons. The van der Waals surface area contributed by atoms with Gasteiger partial charge in [-0.15, -0.1) is 11.3 Å². The lowest BCUT2D eigenvalue weighted by molar-refractivity contribution is -0.255. The van der Waals surface area contributed by atoms with E-state index in [-0.39, 0.29) is 11.1 Å². The molecule has 1 amide bonds. The zero-order valence-electron chi connectivity index (χ0n) is 11.8. The summed E-state index contributed by atoms with van der Waals surface area (Å²) in [6.07, 6.45) is 0. The molecule has 1 aromatic heterocycles. The number of hydrogen-bond acceptors (Lipinski definition) is 4. The molecular weight excluding hydrogens is 334 g/mol. The highest BCUT2D eigenvalue weighted by atomic mass is 35.5. The Kier molecular flexibility index (Phi) is 4.32. The fourth-order valence-electron chi connectivity index (χ4n) is 2.32. The van der Waals surface area contributed by atoms with E-state index >= 15 is 0 Å². The Hall–Kier alpha value is -2.37. The van der Waals surface area contributed by atoms with E-state index in [1.165, 1.54) is 12.1 Å². The normalized spacial score (nSPS) is 10.7. The summed E-state index contributed by atoms with van der Waals surface area (Å²) in [5.41, 5.74) is 0.903. The maximum absolute atomic E-state index is 12.2. The van der Waals surface area contributed by atoms with Crippen molar-refractivity contribution in [1.82, 2.24) is 5.32 Å². The maximum Gasteiger partial charge on any atom is 0.252 e. The number of carbonyl (C=O) groups is 2. The van der Waals surface area contributed by atoms with E-state index < -0.39 is 11.9 Å². The molecular formula is C17H11ClNO3S-. The van der Waals surface area contributed by atoms with Gasteiger partial charge in [0.2, 0.25) is 0 Å². The van der Waals surface area contributed by atoms with Crippen molar-refractivity contribution in [2.45, 2.75) is 6.54 Å². The predicted octanol–water partition coefficient (Wildman–Crippen LogP) is 2.85. The van der Waals surface area contributed by atoms with E-state index in [9.17, 15) is 14.7 Å². The molecule has 0 aliphatic heterocycles. The van der Waals surface area contributed by atoms with Crippen LogP contribution in [0.2, 0.25) is 5.02 Å². The SMILES string of the molecule is O=C([O-])c1ccccc1C(=O)NCc1csc2ccc(Cl)cc12. The number of carbonyl (C=O) groups excluding carboxylic acids is 2. The second kappa shape index (κ2) is 6.40. The van der Waals surface area contributed by atoms with Gasteiger partial charge in [0.1, 0.15) is 0 Å². The lowest BCUT2D eigenvalue weighted by atomic mass is 10.1. The molecule has 0 bridgehead atoms. The monoisotopic (exact) mass is 344 g/mol. The first-order valence-electron chi connectivity index (χ1n) is 6.80. The van der Waals surface area contributed by atoms with Crippen molar-refractivity contribution in [2.24, 2.45) is 0 Å². The largest absolute Gasteiger partial charge is 0.545 e. The van der Waals surface area contributed by atoms with Gasteiger partial charge in [-0.1, -0.05) is 29.8 Å². The average molecular weight is 345 g/mol. The number of carboxylic acid groups (broad SMARTS) is 1. The van der Waals surface area contributed by atoms with Gasteiger partial charge in [0, 0.05) is 27.4 Å². The van der Waals surface area contributed by atoms with Crippen molar-refractivity contribution in [3.05, 3.63) is 69.6 Å². The van der Waals surface area contributed by atoms with E-state index in [0.29, 0.717) is 11.6 Å². The van der Waals surface area contributed by atoms with Crippen LogP contribution in [0.1, 0.15) is 26.3 Å². The Labute approximate surface area is 141 Å². The summed E-state index contributed by atoms with van der Waals surface area (Å²) < 4.78 is 1.08. The number of hydrogen-bond donors (Lipinski definition) is 1. The number of carboxylic acids is 1. The van der Waals surface area contributed by atoms with Crippen LogP contribution < -0.4 is 10.4 Å². The molecule has 1 N–H and O–H groups in total. The molecule has 23 heavy (non-hydrogen) atoms. The fraction of sp³-hybridized carbons (Fsp3) is 0.0588. The molecule has 4 nitrogen and oxygen atoms in total. The van der Waals surface area contributed by atoms with Gasteiger partial charge in [-0.25, -0.2) is 0 Å². The molecule has 0 atom stereocenters. The molecule has 0 fully saturated rings. The highest BCUT2D eigenvalue weighted by molar-refractivity contribution is 7.17. The third kappa shape index (κ3) is 3.21. The topological polar surface area (TPSA) is 69.2 Å². The number of nitrogens with one attached hydrogen (secondary N) is 1. The first-order valence-corrected chi connectivity index (χ1v) is 8.06. The number of rotatable bonds is 4. The molecule has 1 heterocycles. The van der Waals surface area contributed by atoms with Crippen molar-refractivity contribution in [3.8, 4) is 0 Å². The van der Waals surface area contributed by atoms with Crippen molar-refractivity contribution in [3.63, 3.8) is 0 Å². The first-order chi connectivity index (χ1) is 11.1. The summed E-state index contributed by atoms with van der Waals surface area (Å²) in [6, 6.07) is 11.6. The summed E-state index contributed by atoms with van der Waals surface area (Å²) in [7, 11) is 0. The fourth-order valence-corrected chi connectivity index (χ4v) is 3.44. The van der Waals surface area contributed by atoms with Gasteiger partial charge < -0.3 is 15.2 Å². The number of thiophene rings is 1. The van der Waals surface area contributed by atoms with Crippen molar-refractivity contribution in [2.75, 3.05) is 0 Å². The third-order valence-electron chi connectivity index (χ3n) is 3.45. The lowest BCUT2D eigenvalue weighted by Crippen LogP contribution is -2.29. The minimum atomic E-state index is -1.37. The van der Waals surface area contributed by atoms with Gasteiger partial charge in [0.15, 0.2) is 0 Å². The molecule has 0 aliphatic carbocycles. The highest BCUT2D eigenvalue weighted by Crippen LogP contribution is 2.28. The van der Waals surface area contributed by atoms with Crippen molar-refractivity contribution >= 4 is 44.9 Å². The summed E-state index contributed by atoms with van der Waals surface area (Å²) >= 11 is 7.57. The van der Waals surface area contributed by atoms with Gasteiger partial charge in [-0.2, -0.15) is 0 Å². The molecule has 0 saturated carbocycles. The second-order valence-electron chi connectivity index (χ2n) is 4.92. The summed E-state index contributed by atoms with van der Waals surface area (Å²) in [6.45, 7) is 0.292. The lowest BCUT2D eigenvalue weighted by Gasteiger charge is -2.10. The molecule has 3 rings (SSSR count). The molecule has 6 heteroatoms. The Bertz CT molecular complexity index is 904. The van der Waals surface area contributed by atoms with Gasteiger partial charge >= 0.3 is 0 Å². The minimum absolute atomic E-state index is 0.0880. The van der Waals surface area contributed by atoms with E-state index in [2.05, 4.69) is 5.32 Å². The zero-order chi connectivity index (χ0) is 16.4. The van der Waals surface area contributed by atoms with Crippen LogP contribution in [0.4, 0.5) is 0 Å². The minimum Gasteiger partial charge on any atom is -0.545 e. The maximum atomic E-state index is 12.2. The van der Waals surface area contributed by atoms with Gasteiger partial charge in [-0.05, 0) is 40.6 Å². The number of benzene rings is 2. The Morgan fingerprint density at radius 1 is 1.13 bits per heavy atom. The molecule has 0 spiro atoms. The summed E-state index contributed by atoms with van der Waals surface area (Å²) in [5.74, 6) is -1.82. The van der Waals surface area contributed by atoms with Crippen molar-refractivity contribution < 1.29 is 14.7 Å². The molecule has 0 radical (unpaired) electrons. The highest BCUT2D eigenvalue weighted by Gasteiger charge is 2.12. The molecule has 0 unspecified atom stereocenters. The van der Waals surface area contributed by atoms with Gasteiger partial charge in [0.05, 0.1) is 5.97 Å². The van der Waals surface area contributed by atoms with Crippen LogP contribution in [0, 0.1) is 0 Å². The first kappa shape index (κ1) is 15.5. The Morgan fingerprint density at radius 2 is 1.87 bits per heavy atom. The smallest absolute Gasteiger partial charge is 0.252 e. The van der Waals surface area contributed by atoms with Gasteiger partial charge in [0.25, 0.3) is 5.91 Å². The zero-order valence-corrected chi connectivity index (χ0v) is 13.4. The van der Waals surface area contributed by atoms with Gasteiger partial charge in [-0.3, -0.25) is 4.79 Å². The van der Waals surface area contributed by atoms with Crippen molar-refractivity contribution in [1.29, 1.82) is 0 Å². The van der Waals surface area contributed by atoms with Crippen LogP contribution in [0.25, 0.3) is 10.1 Å². The van der Waals surface area contributed by atoms with E-state index in [4.69, 9.17) is 11.6 Å². The van der Waals surface area contributed by atoms with E-state index in [1.807, 2.05) is 23.6 Å². The summed E-state index contributed by atoms with van der Waals surface area (Å²) in [5, 5.41) is 17.4. The number of amides is 1. The molecule has 0 aliphatic rings. The second-order valence-corrected chi connectivity index (χ2v) is 6.26. The van der Waals surface area contributed by atoms with Crippen LogP contribution in [-0.4, -0.2) is 11.9 Å². The van der Waals surface area contributed by atoms with Crippen LogP contribution in [-0.2, 0) is 6.54 Å². The van der Waals surface area contributed by atoms with Crippen LogP contribution in [0.5, 0.6) is 0 Å². The number of halogens is 1. The van der Waals surface area contributed by atoms with Crippen LogP contribution in [0.15, 0.2) is 47.8 Å². The van der Waals surface area contributed by atoms with Crippen LogP contribution in [0.3, 0.4) is 0 Å². The van der Waals surface area contributed by atoms with E-state index in [1.54, 1.807) is 23.5 Å².